The number of fused-ring (bicyclic) bond motifs is 1. The maximum Gasteiger partial charge on any atom is 0.254 e. The number of rotatable bonds is 5. The molecule has 0 unspecified atom stereocenters. The van der Waals surface area contributed by atoms with Crippen LogP contribution in [0, 0.1) is 11.8 Å². The van der Waals surface area contributed by atoms with E-state index in [4.69, 9.17) is 9.47 Å². The summed E-state index contributed by atoms with van der Waals surface area (Å²) >= 11 is 0. The summed E-state index contributed by atoms with van der Waals surface area (Å²) in [6.07, 6.45) is 1.20. The first kappa shape index (κ1) is 16.3. The van der Waals surface area contributed by atoms with Crippen LogP contribution >= 0.6 is 0 Å². The van der Waals surface area contributed by atoms with Crippen molar-refractivity contribution in [2.45, 2.75) is 6.42 Å². The summed E-state index contributed by atoms with van der Waals surface area (Å²) in [5.74, 6) is 2.14. The molecule has 2 atom stereocenters. The van der Waals surface area contributed by atoms with Crippen molar-refractivity contribution in [3.05, 3.63) is 29.8 Å². The van der Waals surface area contributed by atoms with Crippen molar-refractivity contribution in [2.75, 3.05) is 53.6 Å². The Morgan fingerprint density at radius 3 is 2.87 bits per heavy atom. The molecule has 0 spiro atoms. The van der Waals surface area contributed by atoms with Crippen LogP contribution in [-0.2, 0) is 4.74 Å². The van der Waals surface area contributed by atoms with Gasteiger partial charge in [0.2, 0.25) is 0 Å². The van der Waals surface area contributed by atoms with E-state index < -0.39 is 0 Å². The molecule has 2 heterocycles. The third-order valence-electron chi connectivity index (χ3n) is 4.93. The Morgan fingerprint density at radius 1 is 1.22 bits per heavy atom. The third kappa shape index (κ3) is 3.85. The van der Waals surface area contributed by atoms with Gasteiger partial charge in [-0.05, 0) is 50.0 Å². The SMILES string of the molecule is COCCOc1cccc(C(=O)N2C[C@H]3CN(C)CC[C@H]3C2)c1. The first-order chi connectivity index (χ1) is 11.2. The number of ether oxygens (including phenoxy) is 2. The van der Waals surface area contributed by atoms with E-state index in [9.17, 15) is 4.79 Å². The van der Waals surface area contributed by atoms with Crippen LogP contribution in [0.4, 0.5) is 0 Å². The van der Waals surface area contributed by atoms with Crippen molar-refractivity contribution in [1.29, 1.82) is 0 Å². The number of hydrogen-bond donors (Lipinski definition) is 0. The van der Waals surface area contributed by atoms with E-state index in [1.54, 1.807) is 7.11 Å². The van der Waals surface area contributed by atoms with E-state index in [0.29, 0.717) is 30.6 Å². The molecule has 126 valence electrons. The van der Waals surface area contributed by atoms with Gasteiger partial charge in [0.05, 0.1) is 6.61 Å². The highest BCUT2D eigenvalue weighted by Gasteiger charge is 2.38. The van der Waals surface area contributed by atoms with Crippen LogP contribution in [0.5, 0.6) is 5.75 Å². The summed E-state index contributed by atoms with van der Waals surface area (Å²) in [7, 11) is 3.81. The number of carbonyl (C=O) groups excluding carboxylic acids is 1. The lowest BCUT2D eigenvalue weighted by Crippen LogP contribution is -2.37. The fourth-order valence-corrected chi connectivity index (χ4v) is 3.66. The Kier molecular flexibility index (Phi) is 5.18. The Hall–Kier alpha value is -1.59. The molecule has 5 heteroatoms. The fraction of sp³-hybridized carbons (Fsp3) is 0.611. The summed E-state index contributed by atoms with van der Waals surface area (Å²) in [4.78, 5) is 17.2. The van der Waals surface area contributed by atoms with Gasteiger partial charge in [-0.25, -0.2) is 0 Å². The minimum Gasteiger partial charge on any atom is -0.491 e. The lowest BCUT2D eigenvalue weighted by Gasteiger charge is -2.31. The van der Waals surface area contributed by atoms with E-state index in [2.05, 4.69) is 11.9 Å². The molecule has 0 saturated carbocycles. The number of hydrogen-bond acceptors (Lipinski definition) is 4. The second kappa shape index (κ2) is 7.32. The van der Waals surface area contributed by atoms with Gasteiger partial charge in [-0.3, -0.25) is 4.79 Å². The standard InChI is InChI=1S/C18H26N2O3/c1-19-7-6-15-12-20(13-16(15)11-19)18(21)14-4-3-5-17(10-14)23-9-8-22-2/h3-5,10,15-16H,6-9,11-13H2,1-2H3/t15-,16+/m0/s1. The highest BCUT2D eigenvalue weighted by molar-refractivity contribution is 5.94. The highest BCUT2D eigenvalue weighted by Crippen LogP contribution is 2.31. The number of piperidine rings is 1. The maximum absolute atomic E-state index is 12.8. The molecule has 5 nitrogen and oxygen atoms in total. The Labute approximate surface area is 138 Å². The van der Waals surface area contributed by atoms with Gasteiger partial charge >= 0.3 is 0 Å². The molecule has 0 N–H and O–H groups in total. The van der Waals surface area contributed by atoms with E-state index in [-0.39, 0.29) is 5.91 Å². The normalized spacial score (nSPS) is 24.5. The molecule has 0 aromatic heterocycles. The minimum absolute atomic E-state index is 0.124. The molecule has 1 aromatic rings. The van der Waals surface area contributed by atoms with Gasteiger partial charge in [-0.1, -0.05) is 6.07 Å². The molecule has 2 fully saturated rings. The van der Waals surface area contributed by atoms with Gasteiger partial charge in [-0.2, -0.15) is 0 Å². The van der Waals surface area contributed by atoms with Crippen LogP contribution in [0.3, 0.4) is 0 Å². The highest BCUT2D eigenvalue weighted by atomic mass is 16.5. The number of likely N-dealkylation sites (tertiary alicyclic amines) is 2. The van der Waals surface area contributed by atoms with Crippen LogP contribution in [0.15, 0.2) is 24.3 Å². The van der Waals surface area contributed by atoms with Crippen molar-refractivity contribution in [3.63, 3.8) is 0 Å². The van der Waals surface area contributed by atoms with Gasteiger partial charge < -0.3 is 19.3 Å². The number of benzene rings is 1. The Morgan fingerprint density at radius 2 is 2.04 bits per heavy atom. The predicted molar refractivity (Wildman–Crippen MR) is 88.8 cm³/mol. The average molecular weight is 318 g/mol. The number of amides is 1. The van der Waals surface area contributed by atoms with Crippen LogP contribution in [-0.4, -0.2) is 69.3 Å². The fourth-order valence-electron chi connectivity index (χ4n) is 3.66. The van der Waals surface area contributed by atoms with Gasteiger partial charge in [-0.15, -0.1) is 0 Å². The minimum atomic E-state index is 0.124. The number of carbonyl (C=O) groups is 1. The van der Waals surface area contributed by atoms with E-state index in [1.807, 2.05) is 29.2 Å². The van der Waals surface area contributed by atoms with Gasteiger partial charge in [0.15, 0.2) is 0 Å². The van der Waals surface area contributed by atoms with E-state index >= 15 is 0 Å². The molecule has 23 heavy (non-hydrogen) atoms. The second-order valence-electron chi connectivity index (χ2n) is 6.65. The van der Waals surface area contributed by atoms with Crippen molar-refractivity contribution >= 4 is 5.91 Å². The molecular formula is C18H26N2O3. The Bertz CT molecular complexity index is 549. The molecule has 3 rings (SSSR count). The summed E-state index contributed by atoms with van der Waals surface area (Å²) in [6, 6.07) is 7.48. The molecule has 2 aliphatic rings. The molecule has 1 aromatic carbocycles. The quantitative estimate of drug-likeness (QED) is 0.776. The van der Waals surface area contributed by atoms with Gasteiger partial charge in [0, 0.05) is 32.3 Å². The first-order valence-corrected chi connectivity index (χ1v) is 8.37. The topological polar surface area (TPSA) is 42.0 Å². The smallest absolute Gasteiger partial charge is 0.254 e. The largest absolute Gasteiger partial charge is 0.491 e. The molecule has 1 amide bonds. The van der Waals surface area contributed by atoms with Crippen LogP contribution in [0.25, 0.3) is 0 Å². The zero-order valence-corrected chi connectivity index (χ0v) is 14.0. The first-order valence-electron chi connectivity index (χ1n) is 8.37. The lowest BCUT2D eigenvalue weighted by molar-refractivity contribution is 0.0783. The zero-order chi connectivity index (χ0) is 16.2. The number of methoxy groups -OCH3 is 1. The predicted octanol–water partition coefficient (Wildman–Crippen LogP) is 1.74. The van der Waals surface area contributed by atoms with Crippen molar-refractivity contribution < 1.29 is 14.3 Å². The zero-order valence-electron chi connectivity index (χ0n) is 14.0. The molecule has 0 aliphatic carbocycles. The molecular weight excluding hydrogens is 292 g/mol. The molecule has 2 aliphatic heterocycles. The number of nitrogens with zero attached hydrogens (tertiary/aromatic N) is 2. The lowest BCUT2D eigenvalue weighted by atomic mass is 9.89. The summed E-state index contributed by atoms with van der Waals surface area (Å²) in [5, 5.41) is 0. The molecule has 0 bridgehead atoms. The summed E-state index contributed by atoms with van der Waals surface area (Å²) in [6.45, 7) is 5.06. The van der Waals surface area contributed by atoms with Crippen molar-refractivity contribution in [3.8, 4) is 5.75 Å². The molecule has 0 radical (unpaired) electrons. The monoisotopic (exact) mass is 318 g/mol. The average Bonchev–Trinajstić information content (AvgIpc) is 2.97. The summed E-state index contributed by atoms with van der Waals surface area (Å²) < 4.78 is 10.6. The molecule has 2 saturated heterocycles. The van der Waals surface area contributed by atoms with Crippen molar-refractivity contribution in [2.24, 2.45) is 11.8 Å². The van der Waals surface area contributed by atoms with Gasteiger partial charge in [0.25, 0.3) is 5.91 Å². The maximum atomic E-state index is 12.8. The van der Waals surface area contributed by atoms with E-state index in [0.717, 1.165) is 31.9 Å². The van der Waals surface area contributed by atoms with Crippen LogP contribution in [0.1, 0.15) is 16.8 Å². The summed E-state index contributed by atoms with van der Waals surface area (Å²) in [5.41, 5.74) is 0.715. The van der Waals surface area contributed by atoms with Crippen LogP contribution < -0.4 is 4.74 Å². The second-order valence-corrected chi connectivity index (χ2v) is 6.65. The van der Waals surface area contributed by atoms with E-state index in [1.165, 1.54) is 6.42 Å². The van der Waals surface area contributed by atoms with Gasteiger partial charge in [0.1, 0.15) is 12.4 Å². The van der Waals surface area contributed by atoms with Crippen LogP contribution in [0.2, 0.25) is 0 Å². The van der Waals surface area contributed by atoms with Crippen molar-refractivity contribution in [1.82, 2.24) is 9.80 Å². The third-order valence-corrected chi connectivity index (χ3v) is 4.93. The Balaban J connectivity index is 1.63.